The Balaban J connectivity index is 2.36. The number of amides is 1. The highest BCUT2D eigenvalue weighted by Gasteiger charge is 2.15. The van der Waals surface area contributed by atoms with E-state index in [1.807, 2.05) is 6.07 Å². The smallest absolute Gasteiger partial charge is 0.251 e. The van der Waals surface area contributed by atoms with E-state index in [0.717, 1.165) is 5.56 Å². The molecule has 4 nitrogen and oxygen atoms in total. The summed E-state index contributed by atoms with van der Waals surface area (Å²) in [5.74, 6) is 0.499. The van der Waals surface area contributed by atoms with Crippen LogP contribution in [0.1, 0.15) is 15.9 Å². The molecule has 0 saturated heterocycles. The molecule has 1 aromatic rings. The van der Waals surface area contributed by atoms with Crippen molar-refractivity contribution in [2.45, 2.75) is 6.61 Å². The van der Waals surface area contributed by atoms with Gasteiger partial charge in [0.2, 0.25) is 0 Å². The molecule has 0 unspecified atom stereocenters. The van der Waals surface area contributed by atoms with Crippen LogP contribution in [0.25, 0.3) is 0 Å². The second-order valence-corrected chi connectivity index (χ2v) is 2.75. The lowest BCUT2D eigenvalue weighted by atomic mass is 10.1. The molecule has 0 fully saturated rings. The Bertz CT molecular complexity index is 349. The molecule has 1 aliphatic heterocycles. The average Bonchev–Trinajstić information content (AvgIpc) is 2.63. The van der Waals surface area contributed by atoms with Crippen molar-refractivity contribution in [1.29, 1.82) is 0 Å². The number of rotatable bonds is 1. The molecule has 0 saturated carbocycles. The highest BCUT2D eigenvalue weighted by Crippen LogP contribution is 2.26. The van der Waals surface area contributed by atoms with Crippen molar-refractivity contribution in [3.8, 4) is 5.75 Å². The summed E-state index contributed by atoms with van der Waals surface area (Å²) < 4.78 is 0. The maximum Gasteiger partial charge on any atom is 0.251 e. The Morgan fingerprint density at radius 2 is 2.38 bits per heavy atom. The summed E-state index contributed by atoms with van der Waals surface area (Å²) >= 11 is 0. The number of carbonyl (C=O) groups is 1. The number of benzene rings is 1. The third kappa shape index (κ3) is 1.36. The van der Waals surface area contributed by atoms with Gasteiger partial charge in [-0.3, -0.25) is 4.79 Å². The van der Waals surface area contributed by atoms with Gasteiger partial charge in [-0.1, -0.05) is 6.07 Å². The van der Waals surface area contributed by atoms with E-state index >= 15 is 0 Å². The SMILES string of the molecule is CNC(=O)c1ccc2c(c1)OOC2. The molecule has 0 atom stereocenters. The van der Waals surface area contributed by atoms with Crippen molar-refractivity contribution in [2.75, 3.05) is 7.05 Å². The first kappa shape index (κ1) is 8.07. The maximum absolute atomic E-state index is 11.2. The Morgan fingerprint density at radius 1 is 1.54 bits per heavy atom. The number of carbonyl (C=O) groups excluding carboxylic acids is 1. The van der Waals surface area contributed by atoms with Crippen molar-refractivity contribution in [3.05, 3.63) is 29.3 Å². The average molecular weight is 179 g/mol. The summed E-state index contributed by atoms with van der Waals surface area (Å²) in [6.07, 6.45) is 0. The monoisotopic (exact) mass is 179 g/mol. The molecular formula is C9H9NO3. The third-order valence-corrected chi connectivity index (χ3v) is 1.92. The summed E-state index contributed by atoms with van der Waals surface area (Å²) in [7, 11) is 1.59. The molecule has 4 heteroatoms. The summed E-state index contributed by atoms with van der Waals surface area (Å²) in [6.45, 7) is 0.448. The zero-order valence-corrected chi connectivity index (χ0v) is 7.16. The predicted molar refractivity (Wildman–Crippen MR) is 45.2 cm³/mol. The molecule has 0 spiro atoms. The van der Waals surface area contributed by atoms with Gasteiger partial charge in [-0.15, -0.1) is 0 Å². The molecular weight excluding hydrogens is 170 g/mol. The van der Waals surface area contributed by atoms with Crippen LogP contribution in [0.5, 0.6) is 5.75 Å². The molecule has 1 amide bonds. The molecule has 0 bridgehead atoms. The van der Waals surface area contributed by atoms with E-state index in [-0.39, 0.29) is 5.91 Å². The van der Waals surface area contributed by atoms with E-state index in [4.69, 9.17) is 9.78 Å². The van der Waals surface area contributed by atoms with Crippen LogP contribution in [0.2, 0.25) is 0 Å². The standard InChI is InChI=1S/C9H9NO3/c1-10-9(11)6-2-3-7-5-12-13-8(7)4-6/h2-4H,5H2,1H3,(H,10,11). The summed E-state index contributed by atoms with van der Waals surface area (Å²) in [5.41, 5.74) is 1.54. The molecule has 0 radical (unpaired) electrons. The third-order valence-electron chi connectivity index (χ3n) is 1.92. The molecule has 1 aromatic carbocycles. The zero-order valence-electron chi connectivity index (χ0n) is 7.16. The van der Waals surface area contributed by atoms with Crippen LogP contribution >= 0.6 is 0 Å². The summed E-state index contributed by atoms with van der Waals surface area (Å²) in [5, 5.41) is 2.54. The predicted octanol–water partition coefficient (Wildman–Crippen LogP) is 0.870. The molecule has 1 N–H and O–H groups in total. The lowest BCUT2D eigenvalue weighted by molar-refractivity contribution is -0.194. The molecule has 1 heterocycles. The van der Waals surface area contributed by atoms with E-state index in [9.17, 15) is 4.79 Å². The highest BCUT2D eigenvalue weighted by atomic mass is 17.2. The van der Waals surface area contributed by atoms with Gasteiger partial charge in [0.25, 0.3) is 5.91 Å². The number of hydrogen-bond acceptors (Lipinski definition) is 3. The molecule has 0 aromatic heterocycles. The Labute approximate surface area is 75.4 Å². The normalized spacial score (nSPS) is 13.3. The summed E-state index contributed by atoms with van der Waals surface area (Å²) in [6, 6.07) is 5.24. The van der Waals surface area contributed by atoms with E-state index in [1.54, 1.807) is 19.2 Å². The van der Waals surface area contributed by atoms with Gasteiger partial charge in [-0.25, -0.2) is 0 Å². The minimum Gasteiger partial charge on any atom is -0.355 e. The second-order valence-electron chi connectivity index (χ2n) is 2.75. The van der Waals surface area contributed by atoms with E-state index in [2.05, 4.69) is 5.32 Å². The molecule has 1 aliphatic rings. The van der Waals surface area contributed by atoms with Crippen LogP contribution in [0.3, 0.4) is 0 Å². The van der Waals surface area contributed by atoms with Gasteiger partial charge in [0.15, 0.2) is 5.75 Å². The van der Waals surface area contributed by atoms with Gasteiger partial charge in [0.1, 0.15) is 6.61 Å². The molecule has 0 aliphatic carbocycles. The maximum atomic E-state index is 11.2. The van der Waals surface area contributed by atoms with Crippen molar-refractivity contribution >= 4 is 5.91 Å². The fraction of sp³-hybridized carbons (Fsp3) is 0.222. The van der Waals surface area contributed by atoms with Crippen LogP contribution in [0.15, 0.2) is 18.2 Å². The Kier molecular flexibility index (Phi) is 1.90. The largest absolute Gasteiger partial charge is 0.355 e. The van der Waals surface area contributed by atoms with Gasteiger partial charge in [0, 0.05) is 18.2 Å². The zero-order chi connectivity index (χ0) is 9.26. The van der Waals surface area contributed by atoms with Gasteiger partial charge in [-0.2, -0.15) is 4.89 Å². The highest BCUT2D eigenvalue weighted by molar-refractivity contribution is 5.94. The van der Waals surface area contributed by atoms with Gasteiger partial charge < -0.3 is 10.2 Å². The minimum atomic E-state index is -0.127. The fourth-order valence-corrected chi connectivity index (χ4v) is 1.19. The van der Waals surface area contributed by atoms with E-state index in [0.29, 0.717) is 17.9 Å². The van der Waals surface area contributed by atoms with Crippen LogP contribution in [0.4, 0.5) is 0 Å². The van der Waals surface area contributed by atoms with Gasteiger partial charge in [-0.05, 0) is 12.1 Å². The van der Waals surface area contributed by atoms with Crippen LogP contribution < -0.4 is 10.2 Å². The first-order valence-electron chi connectivity index (χ1n) is 3.96. The van der Waals surface area contributed by atoms with Crippen molar-refractivity contribution in [1.82, 2.24) is 5.32 Å². The first-order valence-corrected chi connectivity index (χ1v) is 3.96. The van der Waals surface area contributed by atoms with Crippen molar-refractivity contribution in [3.63, 3.8) is 0 Å². The Morgan fingerprint density at radius 3 is 3.15 bits per heavy atom. The second kappa shape index (κ2) is 3.06. The lowest BCUT2D eigenvalue weighted by Gasteiger charge is -2.00. The van der Waals surface area contributed by atoms with E-state index in [1.165, 1.54) is 0 Å². The quantitative estimate of drug-likeness (QED) is 0.651. The first-order chi connectivity index (χ1) is 6.31. The van der Waals surface area contributed by atoms with Crippen molar-refractivity contribution in [2.24, 2.45) is 0 Å². The number of hydrogen-bond donors (Lipinski definition) is 1. The fourth-order valence-electron chi connectivity index (χ4n) is 1.19. The topological polar surface area (TPSA) is 47.6 Å². The molecule has 68 valence electrons. The van der Waals surface area contributed by atoms with Crippen LogP contribution in [0, 0.1) is 0 Å². The number of fused-ring (bicyclic) bond motifs is 1. The van der Waals surface area contributed by atoms with Crippen LogP contribution in [-0.2, 0) is 11.5 Å². The summed E-state index contributed by atoms with van der Waals surface area (Å²) in [4.78, 5) is 20.8. The minimum absolute atomic E-state index is 0.127. The van der Waals surface area contributed by atoms with Crippen LogP contribution in [-0.4, -0.2) is 13.0 Å². The Hall–Kier alpha value is -1.55. The van der Waals surface area contributed by atoms with Gasteiger partial charge in [0.05, 0.1) is 0 Å². The molecule has 2 rings (SSSR count). The molecule has 13 heavy (non-hydrogen) atoms. The number of nitrogens with one attached hydrogen (secondary N) is 1. The lowest BCUT2D eigenvalue weighted by Crippen LogP contribution is -2.17. The van der Waals surface area contributed by atoms with E-state index < -0.39 is 0 Å². The van der Waals surface area contributed by atoms with Gasteiger partial charge >= 0.3 is 0 Å². The van der Waals surface area contributed by atoms with Crippen molar-refractivity contribution < 1.29 is 14.6 Å².